The molecule has 0 heterocycles. The summed E-state index contributed by atoms with van der Waals surface area (Å²) in [4.78, 5) is 5.00. The summed E-state index contributed by atoms with van der Waals surface area (Å²) in [7, 11) is 0. The van der Waals surface area contributed by atoms with E-state index < -0.39 is 0 Å². The fourth-order valence-corrected chi connectivity index (χ4v) is 11.8. The lowest BCUT2D eigenvalue weighted by Crippen LogP contribution is -2.12. The summed E-state index contributed by atoms with van der Waals surface area (Å²) in [6.07, 6.45) is 6.78. The topological polar surface area (TPSA) is 6.48 Å². The molecule has 2 nitrogen and oxygen atoms in total. The van der Waals surface area contributed by atoms with E-state index in [-0.39, 0.29) is 0 Å². The standard InChI is InChI=1S/C72H64N2/c1-7-9-15-51-29-39-61(59-19-13-11-17-57(51)59)67-45-69(73(53-31-21-47(3)22-32-53)54-33-23-48(4)24-34-54)65-44-42-64-68(62-40-30-52(16-10-8-2)58-18-12-14-20-60(58)62)46-70(66-43-41-63(67)71(65)72(64)66)74(55-35-25-49(5)26-36-55)56-37-27-50(6)28-38-56/h11-14,17-46H,7-10,15-16H2,1-6H3. The van der Waals surface area contributed by atoms with Crippen molar-refractivity contribution in [1.29, 1.82) is 0 Å². The lowest BCUT2D eigenvalue weighted by atomic mass is 9.83. The van der Waals surface area contributed by atoms with Crippen molar-refractivity contribution in [1.82, 2.24) is 0 Å². The largest absolute Gasteiger partial charge is 0.310 e. The predicted molar refractivity (Wildman–Crippen MR) is 322 cm³/mol. The summed E-state index contributed by atoms with van der Waals surface area (Å²) in [6, 6.07) is 79.0. The molecule has 0 bridgehead atoms. The molecule has 12 rings (SSSR count). The van der Waals surface area contributed by atoms with Crippen molar-refractivity contribution in [2.24, 2.45) is 0 Å². The van der Waals surface area contributed by atoms with Gasteiger partial charge in [-0.15, -0.1) is 0 Å². The molecule has 2 heteroatoms. The van der Waals surface area contributed by atoms with Gasteiger partial charge in [-0.05, 0) is 180 Å². The molecule has 0 atom stereocenters. The van der Waals surface area contributed by atoms with Gasteiger partial charge in [-0.2, -0.15) is 0 Å². The van der Waals surface area contributed by atoms with Gasteiger partial charge >= 0.3 is 0 Å². The highest BCUT2D eigenvalue weighted by Gasteiger charge is 2.27. The van der Waals surface area contributed by atoms with Crippen LogP contribution in [0, 0.1) is 27.7 Å². The van der Waals surface area contributed by atoms with Crippen LogP contribution in [0.1, 0.15) is 72.9 Å². The number of hydrogen-bond donors (Lipinski definition) is 0. The zero-order chi connectivity index (χ0) is 50.5. The fraction of sp³-hybridized carbons (Fsp3) is 0.167. The number of rotatable bonds is 14. The predicted octanol–water partition coefficient (Wildman–Crippen LogP) is 21.1. The first-order chi connectivity index (χ1) is 36.3. The molecule has 12 aromatic carbocycles. The quantitative estimate of drug-likeness (QED) is 0.100. The number of aryl methyl sites for hydroxylation is 6. The minimum atomic E-state index is 1.06. The van der Waals surface area contributed by atoms with Crippen molar-refractivity contribution in [2.45, 2.75) is 80.1 Å². The molecule has 0 aliphatic heterocycles. The summed E-state index contributed by atoms with van der Waals surface area (Å²) in [5.74, 6) is 0. The van der Waals surface area contributed by atoms with Crippen molar-refractivity contribution in [3.63, 3.8) is 0 Å². The first kappa shape index (κ1) is 46.8. The SMILES string of the molecule is CCCCc1ccc(-c2cc(N(c3ccc(C)cc3)c3ccc(C)cc3)c3ccc4c(-c5ccc(CCCC)c6ccccc56)cc(N(c5ccc(C)cc5)c5ccc(C)cc5)c5ccc2c3c45)c2ccccc12. The third-order valence-corrected chi connectivity index (χ3v) is 15.7. The molecule has 0 aromatic heterocycles. The van der Waals surface area contributed by atoms with Gasteiger partial charge in [0.25, 0.3) is 0 Å². The molecule has 0 aliphatic carbocycles. The number of hydrogen-bond acceptors (Lipinski definition) is 2. The van der Waals surface area contributed by atoms with Crippen LogP contribution in [0.25, 0.3) is 76.1 Å². The van der Waals surface area contributed by atoms with Crippen molar-refractivity contribution < 1.29 is 0 Å². The fourth-order valence-electron chi connectivity index (χ4n) is 11.8. The normalized spacial score (nSPS) is 11.7. The van der Waals surface area contributed by atoms with Gasteiger partial charge in [0.05, 0.1) is 11.4 Å². The molecule has 0 amide bonds. The van der Waals surface area contributed by atoms with Crippen molar-refractivity contribution >= 4 is 88.0 Å². The third-order valence-electron chi connectivity index (χ3n) is 15.7. The molecule has 0 N–H and O–H groups in total. The molecule has 0 unspecified atom stereocenters. The average molecular weight is 957 g/mol. The van der Waals surface area contributed by atoms with Gasteiger partial charge in [-0.3, -0.25) is 0 Å². The van der Waals surface area contributed by atoms with Crippen molar-refractivity contribution in [3.05, 3.63) is 240 Å². The maximum Gasteiger partial charge on any atom is 0.0546 e. The van der Waals surface area contributed by atoms with E-state index in [1.165, 1.54) is 109 Å². The monoisotopic (exact) mass is 957 g/mol. The van der Waals surface area contributed by atoms with E-state index >= 15 is 0 Å². The molecule has 0 saturated carbocycles. The molecule has 0 radical (unpaired) electrons. The van der Waals surface area contributed by atoms with E-state index in [1.807, 2.05) is 0 Å². The minimum absolute atomic E-state index is 1.06. The van der Waals surface area contributed by atoms with Gasteiger partial charge in [-0.25, -0.2) is 0 Å². The molecule has 74 heavy (non-hydrogen) atoms. The van der Waals surface area contributed by atoms with Gasteiger partial charge in [0.2, 0.25) is 0 Å². The zero-order valence-electron chi connectivity index (χ0n) is 43.8. The molecule has 0 spiro atoms. The second-order valence-corrected chi connectivity index (χ2v) is 20.8. The summed E-state index contributed by atoms with van der Waals surface area (Å²) in [5, 5.41) is 12.7. The lowest BCUT2D eigenvalue weighted by molar-refractivity contribution is 0.799. The highest BCUT2D eigenvalue weighted by Crippen LogP contribution is 2.53. The van der Waals surface area contributed by atoms with E-state index in [9.17, 15) is 0 Å². The summed E-state index contributed by atoms with van der Waals surface area (Å²) < 4.78 is 0. The second-order valence-electron chi connectivity index (χ2n) is 20.8. The Labute approximate surface area is 437 Å². The van der Waals surface area contributed by atoms with Crippen LogP contribution in [-0.2, 0) is 12.8 Å². The molecular weight excluding hydrogens is 893 g/mol. The highest BCUT2D eigenvalue weighted by molar-refractivity contribution is 6.33. The van der Waals surface area contributed by atoms with E-state index in [1.54, 1.807) is 0 Å². The molecular formula is C72H64N2. The van der Waals surface area contributed by atoms with Crippen LogP contribution >= 0.6 is 0 Å². The van der Waals surface area contributed by atoms with Gasteiger partial charge in [-0.1, -0.05) is 195 Å². The highest BCUT2D eigenvalue weighted by atomic mass is 15.1. The van der Waals surface area contributed by atoms with E-state index in [0.29, 0.717) is 0 Å². The number of unbranched alkanes of at least 4 members (excludes halogenated alkanes) is 2. The Morgan fingerprint density at radius 1 is 0.284 bits per heavy atom. The number of nitrogens with zero attached hydrogens (tertiary/aromatic N) is 2. The van der Waals surface area contributed by atoms with Crippen molar-refractivity contribution in [3.8, 4) is 22.3 Å². The van der Waals surface area contributed by atoms with E-state index in [0.717, 1.165) is 72.6 Å². The maximum atomic E-state index is 2.50. The molecule has 362 valence electrons. The second kappa shape index (κ2) is 19.7. The molecule has 0 saturated heterocycles. The third kappa shape index (κ3) is 8.33. The van der Waals surface area contributed by atoms with Gasteiger partial charge in [0.15, 0.2) is 0 Å². The van der Waals surface area contributed by atoms with Gasteiger partial charge in [0.1, 0.15) is 0 Å². The van der Waals surface area contributed by atoms with Crippen LogP contribution in [0.4, 0.5) is 34.1 Å². The number of benzene rings is 12. The first-order valence-electron chi connectivity index (χ1n) is 27.0. The van der Waals surface area contributed by atoms with Crippen molar-refractivity contribution in [2.75, 3.05) is 9.80 Å². The Bertz CT molecular complexity index is 3640. The Kier molecular flexibility index (Phi) is 12.5. The van der Waals surface area contributed by atoms with Gasteiger partial charge in [0, 0.05) is 44.3 Å². The average Bonchev–Trinajstić information content (AvgIpc) is 3.45. The lowest BCUT2D eigenvalue weighted by Gasteiger charge is -2.31. The Morgan fingerprint density at radius 2 is 0.595 bits per heavy atom. The summed E-state index contributed by atoms with van der Waals surface area (Å²) >= 11 is 0. The Balaban J connectivity index is 1.26. The smallest absolute Gasteiger partial charge is 0.0546 e. The van der Waals surface area contributed by atoms with Crippen LogP contribution in [0.3, 0.4) is 0 Å². The van der Waals surface area contributed by atoms with Crippen LogP contribution < -0.4 is 9.80 Å². The van der Waals surface area contributed by atoms with Crippen LogP contribution in [0.5, 0.6) is 0 Å². The Morgan fingerprint density at radius 3 is 0.919 bits per heavy atom. The molecule has 0 aliphatic rings. The zero-order valence-corrected chi connectivity index (χ0v) is 43.8. The number of fused-ring (bicyclic) bond motifs is 2. The van der Waals surface area contributed by atoms with E-state index in [2.05, 4.69) is 258 Å². The summed E-state index contributed by atoms with van der Waals surface area (Å²) in [6.45, 7) is 13.3. The maximum absolute atomic E-state index is 2.50. The number of anilines is 6. The van der Waals surface area contributed by atoms with Crippen LogP contribution in [-0.4, -0.2) is 0 Å². The van der Waals surface area contributed by atoms with Crippen LogP contribution in [0.15, 0.2) is 206 Å². The first-order valence-corrected chi connectivity index (χ1v) is 27.0. The van der Waals surface area contributed by atoms with Crippen LogP contribution in [0.2, 0.25) is 0 Å². The van der Waals surface area contributed by atoms with E-state index in [4.69, 9.17) is 0 Å². The minimum Gasteiger partial charge on any atom is -0.310 e. The molecule has 0 fully saturated rings. The van der Waals surface area contributed by atoms with Gasteiger partial charge < -0.3 is 9.80 Å². The Hall–Kier alpha value is -8.20. The molecule has 12 aromatic rings. The summed E-state index contributed by atoms with van der Waals surface area (Å²) in [5.41, 5.74) is 19.6.